The molecule has 0 N–H and O–H groups in total. The summed E-state index contributed by atoms with van der Waals surface area (Å²) < 4.78 is 16.2. The van der Waals surface area contributed by atoms with Crippen molar-refractivity contribution in [1.82, 2.24) is 0 Å². The van der Waals surface area contributed by atoms with Crippen molar-refractivity contribution in [2.45, 2.75) is 77.8 Å². The van der Waals surface area contributed by atoms with Crippen molar-refractivity contribution < 1.29 is 23.5 Å². The van der Waals surface area contributed by atoms with Crippen LogP contribution in [-0.4, -0.2) is 39.6 Å². The number of carbonyl (C=O) groups excluding carboxylic acids is 2. The Labute approximate surface area is 141 Å². The molecule has 0 rings (SSSR count). The van der Waals surface area contributed by atoms with Crippen molar-refractivity contribution >= 4 is 20.3 Å². The van der Waals surface area contributed by atoms with E-state index in [2.05, 4.69) is 38.6 Å². The van der Waals surface area contributed by atoms with Crippen molar-refractivity contribution in [3.05, 3.63) is 12.2 Å². The molecular weight excluding hydrogens is 312 g/mol. The lowest BCUT2D eigenvalue weighted by Gasteiger charge is -2.39. The van der Waals surface area contributed by atoms with Gasteiger partial charge >= 0.3 is 11.9 Å². The molecule has 0 amide bonds. The summed E-state index contributed by atoms with van der Waals surface area (Å²) in [7, 11) is -0.538. The van der Waals surface area contributed by atoms with E-state index < -0.39 is 14.3 Å². The van der Waals surface area contributed by atoms with Crippen LogP contribution in [0.25, 0.3) is 0 Å². The molecule has 1 unspecified atom stereocenters. The summed E-state index contributed by atoms with van der Waals surface area (Å²) in [6.45, 7) is 14.3. The molecule has 0 heterocycles. The highest BCUT2D eigenvalue weighted by Crippen LogP contribution is 2.37. The fourth-order valence-electron chi connectivity index (χ4n) is 1.91. The first-order valence-corrected chi connectivity index (χ1v) is 10.9. The maximum atomic E-state index is 11.3. The van der Waals surface area contributed by atoms with Gasteiger partial charge in [-0.3, -0.25) is 4.79 Å². The van der Waals surface area contributed by atoms with E-state index in [1.54, 1.807) is 6.08 Å². The monoisotopic (exact) mass is 344 g/mol. The predicted molar refractivity (Wildman–Crippen MR) is 93.7 cm³/mol. The Kier molecular flexibility index (Phi) is 8.77. The summed E-state index contributed by atoms with van der Waals surface area (Å²) in [5.74, 6) is -0.752. The first kappa shape index (κ1) is 21.9. The molecule has 0 fully saturated rings. The first-order chi connectivity index (χ1) is 10.4. The number of esters is 2. The number of ether oxygens (including phenoxy) is 2. The van der Waals surface area contributed by atoms with Crippen molar-refractivity contribution in [2.24, 2.45) is 0 Å². The molecule has 0 saturated carbocycles. The number of carbonyl (C=O) groups is 2. The summed E-state index contributed by atoms with van der Waals surface area (Å²) in [5.41, 5.74) is 0. The van der Waals surface area contributed by atoms with Crippen LogP contribution in [0.15, 0.2) is 12.2 Å². The van der Waals surface area contributed by atoms with E-state index in [1.807, 2.05) is 6.92 Å². The molecule has 0 radical (unpaired) electrons. The maximum Gasteiger partial charge on any atom is 0.330 e. The molecule has 2 atom stereocenters. The van der Waals surface area contributed by atoms with Gasteiger partial charge in [-0.2, -0.15) is 0 Å². The largest absolute Gasteiger partial charge is 0.466 e. The van der Waals surface area contributed by atoms with Crippen LogP contribution >= 0.6 is 0 Å². The van der Waals surface area contributed by atoms with Gasteiger partial charge in [-0.15, -0.1) is 0 Å². The van der Waals surface area contributed by atoms with Gasteiger partial charge in [0, 0.05) is 31.9 Å². The van der Waals surface area contributed by atoms with E-state index in [-0.39, 0.29) is 23.2 Å². The van der Waals surface area contributed by atoms with E-state index in [9.17, 15) is 9.59 Å². The molecule has 0 aromatic heterocycles. The van der Waals surface area contributed by atoms with Crippen LogP contribution in [0.2, 0.25) is 18.1 Å². The SMILES string of the molecule is COC(=O)/C=C/CC(C[C@@H](C)O[Si](C)(C)C(C)(C)C)OC(C)=O. The van der Waals surface area contributed by atoms with Gasteiger partial charge in [0.1, 0.15) is 6.10 Å². The fraction of sp³-hybridized carbons (Fsp3) is 0.765. The molecule has 0 aromatic carbocycles. The van der Waals surface area contributed by atoms with Gasteiger partial charge in [-0.25, -0.2) is 4.79 Å². The third kappa shape index (κ3) is 8.91. The minimum atomic E-state index is -1.86. The standard InChI is InChI=1S/C17H32O5Si/c1-13(22-23(7,8)17(3,4)5)12-15(21-14(2)18)10-9-11-16(19)20-6/h9,11,13,15H,10,12H2,1-8H3/b11-9+/t13-,15?/m1/s1. The van der Waals surface area contributed by atoms with E-state index in [1.165, 1.54) is 20.1 Å². The Morgan fingerprint density at radius 2 is 1.78 bits per heavy atom. The van der Waals surface area contributed by atoms with Gasteiger partial charge in [-0.05, 0) is 25.1 Å². The van der Waals surface area contributed by atoms with Crippen LogP contribution < -0.4 is 0 Å². The number of hydrogen-bond acceptors (Lipinski definition) is 5. The van der Waals surface area contributed by atoms with Crippen molar-refractivity contribution in [2.75, 3.05) is 7.11 Å². The zero-order valence-electron chi connectivity index (χ0n) is 15.8. The average Bonchev–Trinajstić information content (AvgIpc) is 2.35. The van der Waals surface area contributed by atoms with Crippen LogP contribution in [0.3, 0.4) is 0 Å². The second-order valence-electron chi connectivity index (χ2n) is 7.32. The molecule has 0 aromatic rings. The molecule has 5 nitrogen and oxygen atoms in total. The van der Waals surface area contributed by atoms with Gasteiger partial charge < -0.3 is 13.9 Å². The number of hydrogen-bond donors (Lipinski definition) is 0. The van der Waals surface area contributed by atoms with Crippen LogP contribution in [0.4, 0.5) is 0 Å². The Hall–Kier alpha value is -1.14. The second kappa shape index (κ2) is 9.23. The third-order valence-corrected chi connectivity index (χ3v) is 8.69. The number of rotatable bonds is 8. The molecule has 0 aliphatic heterocycles. The van der Waals surface area contributed by atoms with Gasteiger partial charge in [0.05, 0.1) is 7.11 Å². The fourth-order valence-corrected chi connectivity index (χ4v) is 3.37. The lowest BCUT2D eigenvalue weighted by molar-refractivity contribution is -0.147. The molecule has 23 heavy (non-hydrogen) atoms. The highest BCUT2D eigenvalue weighted by atomic mass is 28.4. The van der Waals surface area contributed by atoms with Crippen molar-refractivity contribution in [3.8, 4) is 0 Å². The Bertz CT molecular complexity index is 423. The zero-order valence-corrected chi connectivity index (χ0v) is 16.8. The van der Waals surface area contributed by atoms with Crippen LogP contribution in [0.1, 0.15) is 47.5 Å². The second-order valence-corrected chi connectivity index (χ2v) is 12.1. The smallest absolute Gasteiger partial charge is 0.330 e. The van der Waals surface area contributed by atoms with E-state index in [0.29, 0.717) is 12.8 Å². The van der Waals surface area contributed by atoms with Crippen LogP contribution in [-0.2, 0) is 23.5 Å². The van der Waals surface area contributed by atoms with Crippen LogP contribution in [0.5, 0.6) is 0 Å². The molecule has 6 heteroatoms. The highest BCUT2D eigenvalue weighted by Gasteiger charge is 2.38. The average molecular weight is 345 g/mol. The molecule has 0 spiro atoms. The molecular formula is C17H32O5Si. The van der Waals surface area contributed by atoms with E-state index in [0.717, 1.165) is 0 Å². The molecule has 134 valence electrons. The Morgan fingerprint density at radius 1 is 1.22 bits per heavy atom. The molecule has 0 bridgehead atoms. The van der Waals surface area contributed by atoms with Gasteiger partial charge in [0.2, 0.25) is 0 Å². The lowest BCUT2D eigenvalue weighted by Crippen LogP contribution is -2.44. The summed E-state index contributed by atoms with van der Waals surface area (Å²) >= 11 is 0. The maximum absolute atomic E-state index is 11.3. The van der Waals surface area contributed by atoms with Crippen molar-refractivity contribution in [3.63, 3.8) is 0 Å². The normalized spacial score (nSPS) is 15.3. The van der Waals surface area contributed by atoms with Crippen molar-refractivity contribution in [1.29, 1.82) is 0 Å². The predicted octanol–water partition coefficient (Wildman–Crippen LogP) is 3.84. The quantitative estimate of drug-likeness (QED) is 0.380. The lowest BCUT2D eigenvalue weighted by atomic mass is 10.1. The summed E-state index contributed by atoms with van der Waals surface area (Å²) in [4.78, 5) is 22.4. The number of methoxy groups -OCH3 is 1. The van der Waals surface area contributed by atoms with E-state index >= 15 is 0 Å². The van der Waals surface area contributed by atoms with E-state index in [4.69, 9.17) is 9.16 Å². The molecule has 0 aliphatic carbocycles. The molecule has 0 aliphatic rings. The Balaban J connectivity index is 4.73. The summed E-state index contributed by atoms with van der Waals surface area (Å²) in [6.07, 6.45) is 3.73. The zero-order chi connectivity index (χ0) is 18.3. The van der Waals surface area contributed by atoms with Gasteiger partial charge in [0.25, 0.3) is 0 Å². The highest BCUT2D eigenvalue weighted by molar-refractivity contribution is 6.74. The van der Waals surface area contributed by atoms with Crippen LogP contribution in [0, 0.1) is 0 Å². The topological polar surface area (TPSA) is 61.8 Å². The van der Waals surface area contributed by atoms with Gasteiger partial charge in [-0.1, -0.05) is 26.8 Å². The Morgan fingerprint density at radius 3 is 2.22 bits per heavy atom. The third-order valence-electron chi connectivity index (χ3n) is 4.08. The minimum absolute atomic E-state index is 0.0215. The molecule has 0 saturated heterocycles. The minimum Gasteiger partial charge on any atom is -0.466 e. The summed E-state index contributed by atoms with van der Waals surface area (Å²) in [5, 5.41) is 0.128. The summed E-state index contributed by atoms with van der Waals surface area (Å²) in [6, 6.07) is 0. The first-order valence-electron chi connectivity index (χ1n) is 7.98. The van der Waals surface area contributed by atoms with Gasteiger partial charge in [0.15, 0.2) is 8.32 Å².